The Labute approximate surface area is 154 Å². The second-order valence-corrected chi connectivity index (χ2v) is 7.52. The molecule has 3 aromatic rings. The summed E-state index contributed by atoms with van der Waals surface area (Å²) in [4.78, 5) is 5.10. The van der Waals surface area contributed by atoms with Crippen LogP contribution in [0.2, 0.25) is 15.1 Å². The highest BCUT2D eigenvalue weighted by Gasteiger charge is 2.16. The summed E-state index contributed by atoms with van der Waals surface area (Å²) in [5, 5.41) is 2.20. The Balaban J connectivity index is 1.89. The minimum Gasteiger partial charge on any atom is -0.336 e. The van der Waals surface area contributed by atoms with Gasteiger partial charge in [0.2, 0.25) is 0 Å². The van der Waals surface area contributed by atoms with Crippen molar-refractivity contribution >= 4 is 46.6 Å². The number of hydrogen-bond donors (Lipinski definition) is 0. The number of hydrogen-bond acceptors (Lipinski definition) is 2. The van der Waals surface area contributed by atoms with Gasteiger partial charge in [0.25, 0.3) is 0 Å². The molecule has 0 N–H and O–H groups in total. The fourth-order valence-electron chi connectivity index (χ4n) is 2.20. The van der Waals surface area contributed by atoms with Crippen LogP contribution in [0.25, 0.3) is 0 Å². The summed E-state index contributed by atoms with van der Waals surface area (Å²) in [6.45, 7) is 0.783. The Kier molecular flexibility index (Phi) is 5.54. The molecule has 0 spiro atoms. The molecule has 0 bridgehead atoms. The lowest BCUT2D eigenvalue weighted by molar-refractivity contribution is 0.683. The molecular weight excluding hydrogens is 371 g/mol. The second kappa shape index (κ2) is 7.63. The van der Waals surface area contributed by atoms with Gasteiger partial charge in [0.15, 0.2) is 0 Å². The second-order valence-electron chi connectivity index (χ2n) is 4.99. The summed E-state index contributed by atoms with van der Waals surface area (Å²) in [5.74, 6) is 0. The Morgan fingerprint density at radius 3 is 2.39 bits per heavy atom. The molecule has 1 aromatic heterocycles. The van der Waals surface area contributed by atoms with Crippen molar-refractivity contribution in [2.24, 2.45) is 0 Å². The van der Waals surface area contributed by atoms with E-state index in [9.17, 15) is 0 Å². The predicted octanol–water partition coefficient (Wildman–Crippen LogP) is 6.38. The van der Waals surface area contributed by atoms with Crippen molar-refractivity contribution in [2.75, 3.05) is 0 Å². The van der Waals surface area contributed by atoms with Crippen LogP contribution < -0.4 is 0 Å². The SMILES string of the molecule is Clc1ccc(C(Cn2ccnc2)Sc2ccc(Cl)cc2Cl)cc1. The lowest BCUT2D eigenvalue weighted by Crippen LogP contribution is -2.05. The topological polar surface area (TPSA) is 17.8 Å². The summed E-state index contributed by atoms with van der Waals surface area (Å²) in [6.07, 6.45) is 5.54. The van der Waals surface area contributed by atoms with Crippen LogP contribution in [0.3, 0.4) is 0 Å². The monoisotopic (exact) mass is 382 g/mol. The molecule has 0 radical (unpaired) electrons. The smallest absolute Gasteiger partial charge is 0.0946 e. The van der Waals surface area contributed by atoms with Gasteiger partial charge in [-0.2, -0.15) is 0 Å². The van der Waals surface area contributed by atoms with Crippen molar-refractivity contribution in [3.8, 4) is 0 Å². The minimum absolute atomic E-state index is 0.181. The highest BCUT2D eigenvalue weighted by molar-refractivity contribution is 7.99. The zero-order chi connectivity index (χ0) is 16.2. The molecule has 0 saturated carbocycles. The first-order chi connectivity index (χ1) is 11.1. The number of imidazole rings is 1. The molecule has 0 fully saturated rings. The molecule has 1 heterocycles. The lowest BCUT2D eigenvalue weighted by atomic mass is 10.1. The Morgan fingerprint density at radius 1 is 1.00 bits per heavy atom. The molecule has 1 atom stereocenters. The van der Waals surface area contributed by atoms with Crippen molar-refractivity contribution in [2.45, 2.75) is 16.7 Å². The molecule has 23 heavy (non-hydrogen) atoms. The molecule has 0 aliphatic heterocycles. The van der Waals surface area contributed by atoms with Crippen LogP contribution in [-0.4, -0.2) is 9.55 Å². The molecule has 0 aliphatic carbocycles. The minimum atomic E-state index is 0.181. The fraction of sp³-hybridized carbons (Fsp3) is 0.118. The van der Waals surface area contributed by atoms with E-state index in [-0.39, 0.29) is 5.25 Å². The van der Waals surface area contributed by atoms with Gasteiger partial charge in [0.05, 0.1) is 16.6 Å². The molecule has 2 nitrogen and oxygen atoms in total. The summed E-state index contributed by atoms with van der Waals surface area (Å²) >= 11 is 20.0. The maximum absolute atomic E-state index is 6.32. The van der Waals surface area contributed by atoms with Crippen molar-refractivity contribution < 1.29 is 0 Å². The van der Waals surface area contributed by atoms with E-state index in [1.54, 1.807) is 24.0 Å². The zero-order valence-corrected chi connectivity index (χ0v) is 15.1. The van der Waals surface area contributed by atoms with E-state index >= 15 is 0 Å². The lowest BCUT2D eigenvalue weighted by Gasteiger charge is -2.18. The van der Waals surface area contributed by atoms with E-state index in [0.717, 1.165) is 16.5 Å². The molecule has 0 saturated heterocycles. The normalized spacial score (nSPS) is 12.3. The van der Waals surface area contributed by atoms with Crippen LogP contribution in [0.4, 0.5) is 0 Å². The maximum atomic E-state index is 6.32. The number of halogens is 3. The summed E-state index contributed by atoms with van der Waals surface area (Å²) in [6, 6.07) is 13.5. The van der Waals surface area contributed by atoms with Crippen molar-refractivity contribution in [3.63, 3.8) is 0 Å². The molecule has 3 rings (SSSR count). The summed E-state index contributed by atoms with van der Waals surface area (Å²) < 4.78 is 2.05. The van der Waals surface area contributed by atoms with Crippen LogP contribution in [0.5, 0.6) is 0 Å². The van der Waals surface area contributed by atoms with Crippen LogP contribution in [0, 0.1) is 0 Å². The van der Waals surface area contributed by atoms with E-state index in [4.69, 9.17) is 34.8 Å². The molecule has 0 aliphatic rings. The van der Waals surface area contributed by atoms with Crippen molar-refractivity contribution in [3.05, 3.63) is 81.8 Å². The maximum Gasteiger partial charge on any atom is 0.0946 e. The van der Waals surface area contributed by atoms with Crippen molar-refractivity contribution in [1.82, 2.24) is 9.55 Å². The first-order valence-electron chi connectivity index (χ1n) is 6.95. The molecule has 1 unspecified atom stereocenters. The third-order valence-electron chi connectivity index (χ3n) is 3.34. The number of rotatable bonds is 5. The van der Waals surface area contributed by atoms with E-state index in [1.165, 1.54) is 5.56 Å². The fourth-order valence-corrected chi connectivity index (χ4v) is 4.03. The van der Waals surface area contributed by atoms with Crippen LogP contribution in [0.15, 0.2) is 66.1 Å². The largest absolute Gasteiger partial charge is 0.336 e. The number of aromatic nitrogens is 2. The third-order valence-corrected chi connectivity index (χ3v) is 5.57. The van der Waals surface area contributed by atoms with E-state index in [2.05, 4.69) is 9.55 Å². The first-order valence-corrected chi connectivity index (χ1v) is 8.96. The Morgan fingerprint density at radius 2 is 1.74 bits per heavy atom. The quantitative estimate of drug-likeness (QED) is 0.476. The highest BCUT2D eigenvalue weighted by Crippen LogP contribution is 2.40. The van der Waals surface area contributed by atoms with Gasteiger partial charge in [-0.05, 0) is 35.9 Å². The van der Waals surface area contributed by atoms with E-state index < -0.39 is 0 Å². The van der Waals surface area contributed by atoms with Gasteiger partial charge in [-0.25, -0.2) is 4.98 Å². The van der Waals surface area contributed by atoms with Gasteiger partial charge in [0, 0.05) is 33.9 Å². The van der Waals surface area contributed by atoms with Crippen molar-refractivity contribution in [1.29, 1.82) is 0 Å². The highest BCUT2D eigenvalue weighted by atomic mass is 35.5. The van der Waals surface area contributed by atoms with Crippen LogP contribution in [-0.2, 0) is 6.54 Å². The molecule has 2 aromatic carbocycles. The zero-order valence-electron chi connectivity index (χ0n) is 12.0. The third kappa shape index (κ3) is 4.45. The Bertz CT molecular complexity index is 773. The molecule has 118 valence electrons. The summed E-state index contributed by atoms with van der Waals surface area (Å²) in [5.41, 5.74) is 1.18. The van der Waals surface area contributed by atoms with E-state index in [1.807, 2.05) is 48.9 Å². The number of benzene rings is 2. The number of nitrogens with zero attached hydrogens (tertiary/aromatic N) is 2. The average Bonchev–Trinajstić information content (AvgIpc) is 3.03. The predicted molar refractivity (Wildman–Crippen MR) is 98.7 cm³/mol. The van der Waals surface area contributed by atoms with Gasteiger partial charge < -0.3 is 4.57 Å². The number of thioether (sulfide) groups is 1. The van der Waals surface area contributed by atoms with Crippen LogP contribution in [0.1, 0.15) is 10.8 Å². The van der Waals surface area contributed by atoms with Gasteiger partial charge in [-0.1, -0.05) is 46.9 Å². The Hall–Kier alpha value is -1.13. The standard InChI is InChI=1S/C17H13Cl3N2S/c18-13-3-1-12(2-4-13)17(10-22-8-7-21-11-22)23-16-6-5-14(19)9-15(16)20/h1-9,11,17H,10H2. The molecule has 0 amide bonds. The first kappa shape index (κ1) is 16.7. The van der Waals surface area contributed by atoms with Gasteiger partial charge in [-0.3, -0.25) is 0 Å². The van der Waals surface area contributed by atoms with Gasteiger partial charge >= 0.3 is 0 Å². The van der Waals surface area contributed by atoms with E-state index in [0.29, 0.717) is 10.0 Å². The summed E-state index contributed by atoms with van der Waals surface area (Å²) in [7, 11) is 0. The van der Waals surface area contributed by atoms with Crippen LogP contribution >= 0.6 is 46.6 Å². The molecular formula is C17H13Cl3N2S. The van der Waals surface area contributed by atoms with Gasteiger partial charge in [-0.15, -0.1) is 11.8 Å². The average molecular weight is 384 g/mol. The molecule has 6 heteroatoms. The van der Waals surface area contributed by atoms with Gasteiger partial charge in [0.1, 0.15) is 0 Å².